The number of rotatable bonds is 1. The Morgan fingerprint density at radius 2 is 1.12 bits per heavy atom. The first-order valence-corrected chi connectivity index (χ1v) is 16.4. The van der Waals surface area contributed by atoms with E-state index in [0.717, 1.165) is 16.8 Å². The van der Waals surface area contributed by atoms with Crippen LogP contribution in [0.1, 0.15) is 0 Å². The van der Waals surface area contributed by atoms with Crippen LogP contribution in [0.5, 0.6) is 0 Å². The van der Waals surface area contributed by atoms with Gasteiger partial charge in [-0.3, -0.25) is 0 Å². The number of anilines is 3. The number of nitrogens with zero attached hydrogens (tertiary/aromatic N) is 2. The normalized spacial score (nSPS) is 13.1. The van der Waals surface area contributed by atoms with E-state index in [1.54, 1.807) is 0 Å². The summed E-state index contributed by atoms with van der Waals surface area (Å²) in [6.07, 6.45) is 0. The third-order valence-corrected chi connectivity index (χ3v) is 12.1. The molecule has 0 atom stereocenters. The molecule has 1 aromatic heterocycles. The molecule has 0 spiro atoms. The van der Waals surface area contributed by atoms with Crippen molar-refractivity contribution < 1.29 is 20.1 Å². The Hall–Kier alpha value is -3.26. The molecule has 40 heavy (non-hydrogen) atoms. The number of benzene rings is 6. The third-order valence-electron chi connectivity index (χ3n) is 7.64. The van der Waals surface area contributed by atoms with Crippen LogP contribution in [-0.4, -0.2) is 34.9 Å². The fourth-order valence-corrected chi connectivity index (χ4v) is 10.9. The molecule has 0 amide bonds. The maximum atomic E-state index is 5.05. The Kier molecular flexibility index (Phi) is 5.76. The minimum atomic E-state index is 0. The van der Waals surface area contributed by atoms with Crippen molar-refractivity contribution in [1.82, 2.24) is 4.98 Å². The average molecular weight is 818 g/mol. The number of aromatic nitrogens is 1. The van der Waals surface area contributed by atoms with Crippen LogP contribution in [0.4, 0.5) is 17.1 Å². The molecule has 0 saturated carbocycles. The van der Waals surface area contributed by atoms with E-state index in [2.05, 4.69) is 126 Å². The number of hydrogen-bond acceptors (Lipinski definition) is 2. The Balaban J connectivity index is 0.00000245. The third kappa shape index (κ3) is 3.75. The Bertz CT molecular complexity index is 2050. The molecule has 7 aromatic rings. The minimum absolute atomic E-state index is 0. The van der Waals surface area contributed by atoms with Gasteiger partial charge in [0.2, 0.25) is 0 Å². The second-order valence-corrected chi connectivity index (χ2v) is 14.5. The maximum absolute atomic E-state index is 5.05. The summed E-state index contributed by atoms with van der Waals surface area (Å²) in [6, 6.07) is 46.0. The molecule has 9 rings (SSSR count). The van der Waals surface area contributed by atoms with Crippen LogP contribution in [0.25, 0.3) is 43.7 Å². The molecule has 0 N–H and O–H groups in total. The Morgan fingerprint density at radius 3 is 1.80 bits per heavy atom. The van der Waals surface area contributed by atoms with Crippen molar-refractivity contribution in [2.45, 2.75) is 0 Å². The molecule has 0 unspecified atom stereocenters. The van der Waals surface area contributed by atoms with Gasteiger partial charge in [0.05, 0.1) is 0 Å². The topological polar surface area (TPSA) is 16.1 Å². The fraction of sp³-hybridized carbons (Fsp3) is 0. The molecule has 2 aliphatic heterocycles. The molecular formula is C35H19IrN2Se2-. The molecule has 6 aromatic carbocycles. The number of para-hydroxylation sites is 1. The van der Waals surface area contributed by atoms with Crippen molar-refractivity contribution >= 4 is 97.3 Å². The summed E-state index contributed by atoms with van der Waals surface area (Å²) < 4.78 is 5.59. The van der Waals surface area contributed by atoms with E-state index < -0.39 is 0 Å². The summed E-state index contributed by atoms with van der Waals surface area (Å²) in [5.74, 6) is 0. The van der Waals surface area contributed by atoms with E-state index >= 15 is 0 Å². The van der Waals surface area contributed by atoms with Gasteiger partial charge in [-0.2, -0.15) is 0 Å². The van der Waals surface area contributed by atoms with Gasteiger partial charge in [0.25, 0.3) is 0 Å². The fourth-order valence-electron chi connectivity index (χ4n) is 5.77. The summed E-state index contributed by atoms with van der Waals surface area (Å²) in [5.41, 5.74) is 7.12. The van der Waals surface area contributed by atoms with Gasteiger partial charge in [0.1, 0.15) is 0 Å². The van der Waals surface area contributed by atoms with Crippen molar-refractivity contribution in [3.05, 3.63) is 121 Å². The second kappa shape index (κ2) is 9.40. The van der Waals surface area contributed by atoms with Gasteiger partial charge >= 0.3 is 240 Å². The molecule has 0 fully saturated rings. The zero-order chi connectivity index (χ0) is 25.5. The van der Waals surface area contributed by atoms with Crippen LogP contribution in [0.15, 0.2) is 115 Å². The van der Waals surface area contributed by atoms with Crippen LogP contribution < -0.4 is 22.7 Å². The van der Waals surface area contributed by atoms with Gasteiger partial charge in [-0.05, 0) is 0 Å². The zero-order valence-electron chi connectivity index (χ0n) is 21.0. The molecule has 5 heteroatoms. The predicted molar refractivity (Wildman–Crippen MR) is 166 cm³/mol. The first-order chi connectivity index (χ1) is 19.3. The molecular weight excluding hydrogens is 799 g/mol. The summed E-state index contributed by atoms with van der Waals surface area (Å²) in [4.78, 5) is 7.59. The second-order valence-electron chi connectivity index (χ2n) is 9.99. The molecule has 191 valence electrons. The molecule has 0 bridgehead atoms. The van der Waals surface area contributed by atoms with Gasteiger partial charge in [0.15, 0.2) is 0 Å². The zero-order valence-corrected chi connectivity index (χ0v) is 26.8. The van der Waals surface area contributed by atoms with Crippen LogP contribution in [0.3, 0.4) is 0 Å². The molecule has 0 saturated heterocycles. The molecule has 2 aliphatic rings. The van der Waals surface area contributed by atoms with Crippen LogP contribution in [0, 0.1) is 6.07 Å². The van der Waals surface area contributed by atoms with Crippen LogP contribution >= 0.6 is 0 Å². The summed E-state index contributed by atoms with van der Waals surface area (Å²) >= 11 is 0.336. The SMILES string of the molecule is [Ir].[c-]1c(-c2ccc3ccccc3n2)cc2c3c1[Se]c1cc4ccccc4cc1N3c1cc3ccccc3cc1[Se]2. The number of hydrogen-bond donors (Lipinski definition) is 0. The van der Waals surface area contributed by atoms with E-state index in [-0.39, 0.29) is 50.0 Å². The molecule has 1 radical (unpaired) electrons. The molecule has 0 aliphatic carbocycles. The predicted octanol–water partition coefficient (Wildman–Crippen LogP) is 5.41. The Morgan fingerprint density at radius 1 is 0.550 bits per heavy atom. The number of fused-ring (bicyclic) bond motifs is 7. The first-order valence-electron chi connectivity index (χ1n) is 13.0. The van der Waals surface area contributed by atoms with E-state index in [1.807, 2.05) is 0 Å². The first kappa shape index (κ1) is 24.5. The Labute approximate surface area is 258 Å². The standard InChI is InChI=1S/C35H19N2Se2.Ir/c1-3-10-24-17-31-29(15-22(24)8-1)37-30-16-23-9-2-4-11-25(23)18-32(30)39-34-20-26(19-33(38-31)35(34)37)28-14-13-21-7-5-6-12-27(21)36-28;/h1-19H;/q-1;. The van der Waals surface area contributed by atoms with E-state index in [1.165, 1.54) is 61.8 Å². The van der Waals surface area contributed by atoms with Gasteiger partial charge in [-0.25, -0.2) is 0 Å². The number of pyridine rings is 1. The van der Waals surface area contributed by atoms with Crippen molar-refractivity contribution in [2.75, 3.05) is 4.90 Å². The van der Waals surface area contributed by atoms with Crippen LogP contribution in [0.2, 0.25) is 0 Å². The summed E-state index contributed by atoms with van der Waals surface area (Å²) in [5, 5.41) is 6.35. The van der Waals surface area contributed by atoms with Gasteiger partial charge < -0.3 is 0 Å². The van der Waals surface area contributed by atoms with Crippen molar-refractivity contribution in [3.8, 4) is 11.3 Å². The summed E-state index contributed by atoms with van der Waals surface area (Å²) in [7, 11) is 0. The van der Waals surface area contributed by atoms with Crippen LogP contribution in [-0.2, 0) is 20.1 Å². The van der Waals surface area contributed by atoms with Gasteiger partial charge in [-0.1, -0.05) is 0 Å². The van der Waals surface area contributed by atoms with E-state index in [4.69, 9.17) is 4.98 Å². The van der Waals surface area contributed by atoms with Gasteiger partial charge in [-0.15, -0.1) is 0 Å². The van der Waals surface area contributed by atoms with Crippen molar-refractivity contribution in [1.29, 1.82) is 0 Å². The van der Waals surface area contributed by atoms with Crippen molar-refractivity contribution in [3.63, 3.8) is 0 Å². The van der Waals surface area contributed by atoms with Gasteiger partial charge in [0, 0.05) is 20.1 Å². The monoisotopic (exact) mass is 820 g/mol. The quantitative estimate of drug-likeness (QED) is 0.163. The average Bonchev–Trinajstić information content (AvgIpc) is 2.98. The van der Waals surface area contributed by atoms with Crippen molar-refractivity contribution in [2.24, 2.45) is 0 Å². The van der Waals surface area contributed by atoms with E-state index in [0.29, 0.717) is 0 Å². The molecule has 2 nitrogen and oxygen atoms in total. The van der Waals surface area contributed by atoms with E-state index in [9.17, 15) is 0 Å². The molecule has 3 heterocycles. The summed E-state index contributed by atoms with van der Waals surface area (Å²) in [6.45, 7) is 0.